The van der Waals surface area contributed by atoms with Gasteiger partial charge in [-0.2, -0.15) is 0 Å². The second-order valence-electron chi connectivity index (χ2n) is 5.32. The minimum Gasteiger partial charge on any atom is -0.459 e. The van der Waals surface area contributed by atoms with Gasteiger partial charge in [-0.3, -0.25) is 4.79 Å². The number of rotatable bonds is 3. The summed E-state index contributed by atoms with van der Waals surface area (Å²) in [5, 5.41) is 0. The third kappa shape index (κ3) is 2.22. The van der Waals surface area contributed by atoms with Crippen molar-refractivity contribution in [2.45, 2.75) is 12.8 Å². The molecule has 0 unspecified atom stereocenters. The molecule has 0 radical (unpaired) electrons. The minimum absolute atomic E-state index is 0.0403. The Morgan fingerprint density at radius 2 is 2.14 bits per heavy atom. The molecular formula is C16H15N3O3. The number of furan rings is 1. The molecule has 22 heavy (non-hydrogen) atoms. The summed E-state index contributed by atoms with van der Waals surface area (Å²) in [6.07, 6.45) is 7.06. The molecule has 0 aliphatic carbocycles. The lowest BCUT2D eigenvalue weighted by molar-refractivity contribution is 0.0788. The Balaban J connectivity index is 1.57. The van der Waals surface area contributed by atoms with Crippen LogP contribution in [0.3, 0.4) is 0 Å². The van der Waals surface area contributed by atoms with E-state index in [1.165, 1.54) is 0 Å². The molecule has 6 nitrogen and oxygen atoms in total. The van der Waals surface area contributed by atoms with Crippen molar-refractivity contribution in [2.75, 3.05) is 13.1 Å². The summed E-state index contributed by atoms with van der Waals surface area (Å²) in [4.78, 5) is 21.6. The molecule has 0 aromatic carbocycles. The molecule has 0 bridgehead atoms. The number of oxazole rings is 1. The zero-order valence-electron chi connectivity index (χ0n) is 11.9. The molecule has 6 heteroatoms. The fourth-order valence-corrected chi connectivity index (χ4v) is 2.68. The van der Waals surface area contributed by atoms with Gasteiger partial charge in [0.1, 0.15) is 17.7 Å². The zero-order chi connectivity index (χ0) is 14.9. The summed E-state index contributed by atoms with van der Waals surface area (Å²) < 4.78 is 10.7. The topological polar surface area (TPSA) is 75.3 Å². The number of H-pyrrole nitrogens is 1. The Hall–Kier alpha value is -2.76. The molecule has 1 aliphatic rings. The standard InChI is InChI=1S/C16H15N3O3/c20-16(19-5-1-2-6-19)12-8-11(9-17-12)13-10-22-15(18-13)14-4-3-7-21-14/h3-4,7-10,17H,1-2,5-6H2. The van der Waals surface area contributed by atoms with Gasteiger partial charge < -0.3 is 18.7 Å². The van der Waals surface area contributed by atoms with Crippen LogP contribution < -0.4 is 0 Å². The number of nitrogens with one attached hydrogen (secondary N) is 1. The average molecular weight is 297 g/mol. The van der Waals surface area contributed by atoms with Crippen LogP contribution in [0.4, 0.5) is 0 Å². The predicted molar refractivity (Wildman–Crippen MR) is 79.1 cm³/mol. The van der Waals surface area contributed by atoms with E-state index >= 15 is 0 Å². The smallest absolute Gasteiger partial charge is 0.270 e. The minimum atomic E-state index is 0.0403. The SMILES string of the molecule is O=C(c1cc(-c2coc(-c3ccco3)n2)c[nH]1)N1CCCC1. The number of hydrogen-bond donors (Lipinski definition) is 1. The van der Waals surface area contributed by atoms with Crippen molar-refractivity contribution in [3.05, 3.63) is 42.6 Å². The Morgan fingerprint density at radius 3 is 2.91 bits per heavy atom. The first-order chi connectivity index (χ1) is 10.8. The van der Waals surface area contributed by atoms with Gasteiger partial charge >= 0.3 is 0 Å². The van der Waals surface area contributed by atoms with Crippen LogP contribution in [0.2, 0.25) is 0 Å². The van der Waals surface area contributed by atoms with Crippen molar-refractivity contribution in [3.63, 3.8) is 0 Å². The van der Waals surface area contributed by atoms with E-state index in [-0.39, 0.29) is 5.91 Å². The molecule has 0 saturated carbocycles. The van der Waals surface area contributed by atoms with Crippen LogP contribution in [0.1, 0.15) is 23.3 Å². The normalized spacial score (nSPS) is 14.6. The molecule has 4 rings (SSSR count). The van der Waals surface area contributed by atoms with Crippen LogP contribution >= 0.6 is 0 Å². The molecule has 4 heterocycles. The van der Waals surface area contributed by atoms with Gasteiger partial charge in [-0.05, 0) is 31.0 Å². The summed E-state index contributed by atoms with van der Waals surface area (Å²) >= 11 is 0. The highest BCUT2D eigenvalue weighted by Crippen LogP contribution is 2.26. The highest BCUT2D eigenvalue weighted by atomic mass is 16.4. The Labute approximate surface area is 126 Å². The van der Waals surface area contributed by atoms with Gasteiger partial charge in [0, 0.05) is 24.8 Å². The highest BCUT2D eigenvalue weighted by molar-refractivity contribution is 5.94. The van der Waals surface area contributed by atoms with Gasteiger partial charge in [-0.25, -0.2) is 4.98 Å². The van der Waals surface area contributed by atoms with Crippen LogP contribution in [0.5, 0.6) is 0 Å². The van der Waals surface area contributed by atoms with Crippen molar-refractivity contribution in [1.82, 2.24) is 14.9 Å². The fourth-order valence-electron chi connectivity index (χ4n) is 2.68. The maximum absolute atomic E-state index is 12.3. The van der Waals surface area contributed by atoms with Gasteiger partial charge in [0.05, 0.1) is 6.26 Å². The first kappa shape index (κ1) is 12.9. The van der Waals surface area contributed by atoms with Crippen molar-refractivity contribution in [2.24, 2.45) is 0 Å². The second kappa shape index (κ2) is 5.22. The summed E-state index contributed by atoms with van der Waals surface area (Å²) in [6, 6.07) is 5.38. The van der Waals surface area contributed by atoms with Crippen LogP contribution in [0.25, 0.3) is 22.9 Å². The van der Waals surface area contributed by atoms with Crippen molar-refractivity contribution in [3.8, 4) is 22.9 Å². The number of nitrogens with zero attached hydrogens (tertiary/aromatic N) is 2. The number of aromatic amines is 1. The van der Waals surface area contributed by atoms with Crippen LogP contribution in [0.15, 0.2) is 45.8 Å². The zero-order valence-corrected chi connectivity index (χ0v) is 11.9. The summed E-state index contributed by atoms with van der Waals surface area (Å²) in [7, 11) is 0. The molecule has 1 amide bonds. The van der Waals surface area contributed by atoms with E-state index in [1.54, 1.807) is 30.9 Å². The van der Waals surface area contributed by atoms with E-state index in [1.807, 2.05) is 11.0 Å². The van der Waals surface area contributed by atoms with E-state index in [9.17, 15) is 4.79 Å². The van der Waals surface area contributed by atoms with Gasteiger partial charge in [0.2, 0.25) is 0 Å². The van der Waals surface area contributed by atoms with E-state index in [0.717, 1.165) is 31.5 Å². The third-order valence-electron chi connectivity index (χ3n) is 3.84. The Bertz CT molecular complexity index is 779. The highest BCUT2D eigenvalue weighted by Gasteiger charge is 2.21. The number of hydrogen-bond acceptors (Lipinski definition) is 4. The number of likely N-dealkylation sites (tertiary alicyclic amines) is 1. The lowest BCUT2D eigenvalue weighted by Gasteiger charge is -2.13. The van der Waals surface area contributed by atoms with Crippen LogP contribution in [-0.4, -0.2) is 33.9 Å². The summed E-state index contributed by atoms with van der Waals surface area (Å²) in [5.41, 5.74) is 2.08. The van der Waals surface area contributed by atoms with E-state index < -0.39 is 0 Å². The molecule has 1 aliphatic heterocycles. The van der Waals surface area contributed by atoms with E-state index in [4.69, 9.17) is 8.83 Å². The second-order valence-corrected chi connectivity index (χ2v) is 5.32. The molecule has 1 saturated heterocycles. The Kier molecular flexibility index (Phi) is 3.07. The van der Waals surface area contributed by atoms with E-state index in [0.29, 0.717) is 23.0 Å². The predicted octanol–water partition coefficient (Wildman–Crippen LogP) is 3.17. The Morgan fingerprint density at radius 1 is 1.27 bits per heavy atom. The molecule has 1 N–H and O–H groups in total. The van der Waals surface area contributed by atoms with Gasteiger partial charge in [0.15, 0.2) is 5.76 Å². The van der Waals surface area contributed by atoms with Crippen LogP contribution in [0, 0.1) is 0 Å². The fraction of sp³-hybridized carbons (Fsp3) is 0.250. The number of aromatic nitrogens is 2. The maximum atomic E-state index is 12.3. The van der Waals surface area contributed by atoms with Crippen LogP contribution in [-0.2, 0) is 0 Å². The molecule has 0 atom stereocenters. The van der Waals surface area contributed by atoms with E-state index in [2.05, 4.69) is 9.97 Å². The molecule has 1 fully saturated rings. The molecule has 0 spiro atoms. The monoisotopic (exact) mass is 297 g/mol. The summed E-state index contributed by atoms with van der Waals surface area (Å²) in [5.74, 6) is 1.04. The van der Waals surface area contributed by atoms with Crippen molar-refractivity contribution < 1.29 is 13.6 Å². The number of carbonyl (C=O) groups excluding carboxylic acids is 1. The first-order valence-electron chi connectivity index (χ1n) is 7.29. The first-order valence-corrected chi connectivity index (χ1v) is 7.29. The average Bonchev–Trinajstić information content (AvgIpc) is 3.35. The molecular weight excluding hydrogens is 282 g/mol. The van der Waals surface area contributed by atoms with Gasteiger partial charge in [-0.1, -0.05) is 0 Å². The number of amides is 1. The number of carbonyl (C=O) groups is 1. The lowest BCUT2D eigenvalue weighted by atomic mass is 10.2. The third-order valence-corrected chi connectivity index (χ3v) is 3.84. The largest absolute Gasteiger partial charge is 0.459 e. The van der Waals surface area contributed by atoms with Crippen molar-refractivity contribution >= 4 is 5.91 Å². The molecule has 112 valence electrons. The lowest BCUT2D eigenvalue weighted by Crippen LogP contribution is -2.27. The molecule has 3 aromatic rings. The quantitative estimate of drug-likeness (QED) is 0.805. The van der Waals surface area contributed by atoms with Gasteiger partial charge in [-0.15, -0.1) is 0 Å². The maximum Gasteiger partial charge on any atom is 0.270 e. The van der Waals surface area contributed by atoms with Gasteiger partial charge in [0.25, 0.3) is 11.8 Å². The molecule has 3 aromatic heterocycles. The van der Waals surface area contributed by atoms with Crippen molar-refractivity contribution in [1.29, 1.82) is 0 Å². The summed E-state index contributed by atoms with van der Waals surface area (Å²) in [6.45, 7) is 1.67.